The molecule has 0 radical (unpaired) electrons. The fraction of sp³-hybridized carbons (Fsp3) is 0. The Morgan fingerprint density at radius 2 is 1.02 bits per heavy atom. The van der Waals surface area contributed by atoms with Crippen LogP contribution in [0, 0.1) is 0 Å². The van der Waals surface area contributed by atoms with Gasteiger partial charge in [0.2, 0.25) is 0 Å². The summed E-state index contributed by atoms with van der Waals surface area (Å²) in [5, 5.41) is 8.84. The van der Waals surface area contributed by atoms with E-state index in [9.17, 15) is 0 Å². The maximum absolute atomic E-state index is 2.47. The van der Waals surface area contributed by atoms with Crippen LogP contribution in [0.4, 0.5) is 0 Å². The average Bonchev–Trinajstić information content (AvgIpc) is 3.62. The van der Waals surface area contributed by atoms with Crippen LogP contribution in [-0.2, 0) is 0 Å². The molecule has 9 rings (SSSR count). The van der Waals surface area contributed by atoms with Gasteiger partial charge < -0.3 is 9.13 Å². The highest BCUT2D eigenvalue weighted by Crippen LogP contribution is 2.42. The molecule has 0 amide bonds. The molecule has 42 heavy (non-hydrogen) atoms. The van der Waals surface area contributed by atoms with Crippen LogP contribution >= 0.6 is 0 Å². The summed E-state index contributed by atoms with van der Waals surface area (Å²) in [5.41, 5.74) is 8.42. The summed E-state index contributed by atoms with van der Waals surface area (Å²) in [6, 6.07) is 54.9. The molecule has 0 atom stereocenters. The highest BCUT2D eigenvalue weighted by atomic mass is 15.0. The number of aromatic nitrogens is 2. The van der Waals surface area contributed by atoms with Crippen molar-refractivity contribution in [3.8, 4) is 22.5 Å². The highest BCUT2D eigenvalue weighted by molar-refractivity contribution is 6.20. The molecule has 196 valence electrons. The molecule has 0 aliphatic heterocycles. The van der Waals surface area contributed by atoms with E-state index >= 15 is 0 Å². The molecule has 2 nitrogen and oxygen atoms in total. The summed E-state index contributed by atoms with van der Waals surface area (Å²) in [4.78, 5) is 0. The maximum atomic E-state index is 2.47. The van der Waals surface area contributed by atoms with E-state index in [0.29, 0.717) is 0 Å². The van der Waals surface area contributed by atoms with Gasteiger partial charge in [0.15, 0.2) is 0 Å². The lowest BCUT2D eigenvalue weighted by atomic mass is 10.0. The first-order valence-corrected chi connectivity index (χ1v) is 14.5. The predicted octanol–water partition coefficient (Wildman–Crippen LogP) is 10.7. The van der Waals surface area contributed by atoms with E-state index in [1.54, 1.807) is 0 Å². The second-order valence-corrected chi connectivity index (χ2v) is 11.0. The molecular weight excluding hydrogens is 508 g/mol. The van der Waals surface area contributed by atoms with Gasteiger partial charge in [-0.2, -0.15) is 0 Å². The number of hydrogen-bond donors (Lipinski definition) is 0. The number of para-hydroxylation sites is 2. The normalized spacial score (nSPS) is 11.8. The van der Waals surface area contributed by atoms with Gasteiger partial charge in [-0.25, -0.2) is 0 Å². The van der Waals surface area contributed by atoms with Crippen molar-refractivity contribution in [3.63, 3.8) is 0 Å². The standard InChI is InChI=1S/C40H26N2/c1-3-11-27(12-4-1)37-26-41(30-14-5-2-6-15-30)39-36(37)24-23-35-34-17-9-10-18-38(34)42(40(35)39)31-21-22-33-29(25-31)20-19-28-13-7-8-16-32(28)33/h1-26H. The number of hydrogen-bond acceptors (Lipinski definition) is 0. The first-order chi connectivity index (χ1) is 20.8. The molecule has 0 aliphatic carbocycles. The van der Waals surface area contributed by atoms with Gasteiger partial charge in [0.1, 0.15) is 0 Å². The highest BCUT2D eigenvalue weighted by Gasteiger charge is 2.21. The maximum Gasteiger partial charge on any atom is 0.0788 e. The Morgan fingerprint density at radius 3 is 1.88 bits per heavy atom. The van der Waals surface area contributed by atoms with Crippen molar-refractivity contribution in [2.24, 2.45) is 0 Å². The quantitative estimate of drug-likeness (QED) is 0.200. The summed E-state index contributed by atoms with van der Waals surface area (Å²) in [5.74, 6) is 0. The minimum Gasteiger partial charge on any atom is -0.314 e. The monoisotopic (exact) mass is 534 g/mol. The van der Waals surface area contributed by atoms with E-state index in [-0.39, 0.29) is 0 Å². The molecule has 0 saturated carbocycles. The minimum atomic E-state index is 1.15. The van der Waals surface area contributed by atoms with Gasteiger partial charge in [-0.3, -0.25) is 0 Å². The summed E-state index contributed by atoms with van der Waals surface area (Å²) < 4.78 is 4.85. The lowest BCUT2D eigenvalue weighted by Gasteiger charge is -2.13. The summed E-state index contributed by atoms with van der Waals surface area (Å²) in [6.07, 6.45) is 2.31. The molecule has 0 fully saturated rings. The predicted molar refractivity (Wildman–Crippen MR) is 178 cm³/mol. The SMILES string of the molecule is c1ccc(-c2cn(-c3ccccc3)c3c2ccc2c4ccccc4n(-c4ccc5c(ccc6ccccc65)c4)c23)cc1. The van der Waals surface area contributed by atoms with Crippen molar-refractivity contribution in [1.29, 1.82) is 0 Å². The van der Waals surface area contributed by atoms with Gasteiger partial charge in [-0.15, -0.1) is 0 Å². The van der Waals surface area contributed by atoms with Gasteiger partial charge in [0.25, 0.3) is 0 Å². The van der Waals surface area contributed by atoms with Crippen LogP contribution in [0.2, 0.25) is 0 Å². The lowest BCUT2D eigenvalue weighted by Crippen LogP contribution is -1.98. The zero-order chi connectivity index (χ0) is 27.6. The van der Waals surface area contributed by atoms with Crippen molar-refractivity contribution < 1.29 is 0 Å². The van der Waals surface area contributed by atoms with E-state index in [1.165, 1.54) is 71.1 Å². The van der Waals surface area contributed by atoms with E-state index < -0.39 is 0 Å². The van der Waals surface area contributed by atoms with E-state index in [4.69, 9.17) is 0 Å². The molecule has 0 aliphatic rings. The van der Waals surface area contributed by atoms with E-state index in [1.807, 2.05) is 0 Å². The Hall–Kier alpha value is -5.60. The van der Waals surface area contributed by atoms with Gasteiger partial charge in [-0.1, -0.05) is 121 Å². The number of nitrogens with zero attached hydrogens (tertiary/aromatic N) is 2. The van der Waals surface area contributed by atoms with Crippen LogP contribution in [0.1, 0.15) is 0 Å². The van der Waals surface area contributed by atoms with Crippen molar-refractivity contribution in [2.45, 2.75) is 0 Å². The molecule has 2 heterocycles. The molecule has 9 aromatic rings. The zero-order valence-electron chi connectivity index (χ0n) is 22.9. The third-order valence-corrected chi connectivity index (χ3v) is 8.71. The van der Waals surface area contributed by atoms with Crippen molar-refractivity contribution >= 4 is 54.3 Å². The topological polar surface area (TPSA) is 9.86 Å². The fourth-order valence-electron chi connectivity index (χ4n) is 6.81. The van der Waals surface area contributed by atoms with Crippen LogP contribution in [0.15, 0.2) is 158 Å². The average molecular weight is 535 g/mol. The largest absolute Gasteiger partial charge is 0.314 e. The van der Waals surface area contributed by atoms with E-state index in [0.717, 1.165) is 5.69 Å². The Kier molecular flexibility index (Phi) is 4.93. The first-order valence-electron chi connectivity index (χ1n) is 14.5. The van der Waals surface area contributed by atoms with Gasteiger partial charge in [-0.05, 0) is 57.4 Å². The second kappa shape index (κ2) is 8.95. The second-order valence-electron chi connectivity index (χ2n) is 11.0. The van der Waals surface area contributed by atoms with Crippen LogP contribution in [-0.4, -0.2) is 9.13 Å². The summed E-state index contributed by atoms with van der Waals surface area (Å²) >= 11 is 0. The molecule has 0 spiro atoms. The molecular formula is C40H26N2. The third-order valence-electron chi connectivity index (χ3n) is 8.71. The van der Waals surface area contributed by atoms with E-state index in [2.05, 4.69) is 167 Å². The molecule has 0 unspecified atom stereocenters. The molecule has 7 aromatic carbocycles. The van der Waals surface area contributed by atoms with Crippen molar-refractivity contribution in [2.75, 3.05) is 0 Å². The Balaban J connectivity index is 1.44. The summed E-state index contributed by atoms with van der Waals surface area (Å²) in [6.45, 7) is 0. The fourth-order valence-corrected chi connectivity index (χ4v) is 6.81. The van der Waals surface area contributed by atoms with Crippen molar-refractivity contribution in [3.05, 3.63) is 158 Å². The number of fused-ring (bicyclic) bond motifs is 8. The molecule has 2 heteroatoms. The van der Waals surface area contributed by atoms with Crippen molar-refractivity contribution in [1.82, 2.24) is 9.13 Å². The smallest absolute Gasteiger partial charge is 0.0788 e. The number of benzene rings is 7. The Bertz CT molecular complexity index is 2440. The van der Waals surface area contributed by atoms with Gasteiger partial charge in [0, 0.05) is 39.3 Å². The van der Waals surface area contributed by atoms with Crippen LogP contribution < -0.4 is 0 Å². The molecule has 0 N–H and O–H groups in total. The third kappa shape index (κ3) is 3.33. The van der Waals surface area contributed by atoms with Gasteiger partial charge in [0.05, 0.1) is 16.6 Å². The lowest BCUT2D eigenvalue weighted by molar-refractivity contribution is 1.12. The first kappa shape index (κ1) is 23.1. The van der Waals surface area contributed by atoms with Crippen LogP contribution in [0.3, 0.4) is 0 Å². The Morgan fingerprint density at radius 1 is 0.381 bits per heavy atom. The Labute approximate surface area is 243 Å². The number of rotatable bonds is 3. The zero-order valence-corrected chi connectivity index (χ0v) is 22.9. The van der Waals surface area contributed by atoms with Crippen LogP contribution in [0.25, 0.3) is 76.8 Å². The van der Waals surface area contributed by atoms with Gasteiger partial charge >= 0.3 is 0 Å². The molecule has 2 aromatic heterocycles. The summed E-state index contributed by atoms with van der Waals surface area (Å²) in [7, 11) is 0. The van der Waals surface area contributed by atoms with Crippen LogP contribution in [0.5, 0.6) is 0 Å². The minimum absolute atomic E-state index is 1.15. The molecule has 0 bridgehead atoms. The molecule has 0 saturated heterocycles.